The van der Waals surface area contributed by atoms with Crippen LogP contribution < -0.4 is 11.1 Å². The van der Waals surface area contributed by atoms with Crippen molar-refractivity contribution in [3.05, 3.63) is 76.3 Å². The molecule has 160 valence electrons. The molecule has 0 aliphatic carbocycles. The van der Waals surface area contributed by atoms with Crippen LogP contribution in [0.25, 0.3) is 11.3 Å². The first-order valence-electron chi connectivity index (χ1n) is 10.0. The standard InChI is InChI=1S/C23H22ClFN4O2/c24-17-3-1-2-14(10-17)12-28-23(30)18-5-4-16(11-19(18)25)21-22(26)27-13-20(29-21)15-6-8-31-9-7-15/h1-5,10-11,13,15H,6-9,12H2,(H2,26,27)(H,28,30). The number of rotatable bonds is 5. The van der Waals surface area contributed by atoms with E-state index in [9.17, 15) is 9.18 Å². The molecule has 0 unspecified atom stereocenters. The molecule has 8 heteroatoms. The van der Waals surface area contributed by atoms with Crippen molar-refractivity contribution in [2.45, 2.75) is 25.3 Å². The third-order valence-corrected chi connectivity index (χ3v) is 5.52. The number of amides is 1. The number of aromatic nitrogens is 2. The highest BCUT2D eigenvalue weighted by Gasteiger charge is 2.20. The number of carbonyl (C=O) groups excluding carboxylic acids is 1. The molecule has 0 spiro atoms. The molecule has 0 atom stereocenters. The first kappa shape index (κ1) is 21.2. The Hall–Kier alpha value is -3.03. The second-order valence-electron chi connectivity index (χ2n) is 7.42. The molecule has 2 heterocycles. The number of nitrogens with zero attached hydrogens (tertiary/aromatic N) is 2. The van der Waals surface area contributed by atoms with Gasteiger partial charge in [-0.15, -0.1) is 0 Å². The van der Waals surface area contributed by atoms with Gasteiger partial charge in [0, 0.05) is 36.3 Å². The fraction of sp³-hybridized carbons (Fsp3) is 0.261. The van der Waals surface area contributed by atoms with Gasteiger partial charge in [0.15, 0.2) is 0 Å². The summed E-state index contributed by atoms with van der Waals surface area (Å²) in [5.74, 6) is -0.715. The molecule has 1 aliphatic rings. The van der Waals surface area contributed by atoms with Crippen LogP contribution in [-0.2, 0) is 11.3 Å². The van der Waals surface area contributed by atoms with Gasteiger partial charge < -0.3 is 15.8 Å². The molecule has 6 nitrogen and oxygen atoms in total. The van der Waals surface area contributed by atoms with E-state index in [1.165, 1.54) is 12.1 Å². The number of nitrogens with one attached hydrogen (secondary N) is 1. The largest absolute Gasteiger partial charge is 0.382 e. The summed E-state index contributed by atoms with van der Waals surface area (Å²) >= 11 is 5.95. The number of hydrogen-bond acceptors (Lipinski definition) is 5. The monoisotopic (exact) mass is 440 g/mol. The lowest BCUT2D eigenvalue weighted by molar-refractivity contribution is 0.0844. The van der Waals surface area contributed by atoms with Gasteiger partial charge in [-0.25, -0.2) is 14.4 Å². The lowest BCUT2D eigenvalue weighted by Gasteiger charge is -2.22. The van der Waals surface area contributed by atoms with Crippen LogP contribution in [0.1, 0.15) is 40.4 Å². The van der Waals surface area contributed by atoms with Crippen LogP contribution in [0.15, 0.2) is 48.7 Å². The van der Waals surface area contributed by atoms with Gasteiger partial charge in [-0.2, -0.15) is 0 Å². The van der Waals surface area contributed by atoms with Crippen LogP contribution in [0.3, 0.4) is 0 Å². The van der Waals surface area contributed by atoms with Crippen molar-refractivity contribution in [1.29, 1.82) is 0 Å². The van der Waals surface area contributed by atoms with Gasteiger partial charge in [0.05, 0.1) is 17.5 Å². The average molecular weight is 441 g/mol. The number of hydrogen-bond donors (Lipinski definition) is 2. The summed E-state index contributed by atoms with van der Waals surface area (Å²) in [6.07, 6.45) is 3.39. The molecule has 1 fully saturated rings. The van der Waals surface area contributed by atoms with Crippen molar-refractivity contribution in [3.63, 3.8) is 0 Å². The van der Waals surface area contributed by atoms with E-state index in [-0.39, 0.29) is 23.8 Å². The van der Waals surface area contributed by atoms with Crippen LogP contribution in [0.5, 0.6) is 0 Å². The van der Waals surface area contributed by atoms with Crippen LogP contribution in [0.2, 0.25) is 5.02 Å². The Morgan fingerprint density at radius 2 is 2.03 bits per heavy atom. The molecular formula is C23H22ClFN4O2. The zero-order valence-electron chi connectivity index (χ0n) is 16.8. The molecule has 0 radical (unpaired) electrons. The van der Waals surface area contributed by atoms with E-state index < -0.39 is 11.7 Å². The zero-order chi connectivity index (χ0) is 21.8. The molecule has 0 bridgehead atoms. The van der Waals surface area contributed by atoms with E-state index in [0.717, 1.165) is 24.1 Å². The minimum Gasteiger partial charge on any atom is -0.382 e. The van der Waals surface area contributed by atoms with Gasteiger partial charge in [0.1, 0.15) is 17.3 Å². The normalized spacial score (nSPS) is 14.4. The Kier molecular flexibility index (Phi) is 6.44. The number of anilines is 1. The van der Waals surface area contributed by atoms with E-state index in [4.69, 9.17) is 22.1 Å². The minimum atomic E-state index is -0.654. The molecule has 1 saturated heterocycles. The van der Waals surface area contributed by atoms with Crippen LogP contribution in [0, 0.1) is 5.82 Å². The van der Waals surface area contributed by atoms with Crippen molar-refractivity contribution >= 4 is 23.3 Å². The predicted molar refractivity (Wildman–Crippen MR) is 117 cm³/mol. The van der Waals surface area contributed by atoms with Crippen molar-refractivity contribution in [2.75, 3.05) is 18.9 Å². The van der Waals surface area contributed by atoms with Gasteiger partial charge in [-0.1, -0.05) is 29.8 Å². The Balaban J connectivity index is 1.52. The quantitative estimate of drug-likeness (QED) is 0.615. The van der Waals surface area contributed by atoms with Crippen molar-refractivity contribution in [3.8, 4) is 11.3 Å². The average Bonchev–Trinajstić information content (AvgIpc) is 2.78. The predicted octanol–water partition coefficient (Wildman–Crippen LogP) is 4.34. The number of halogens is 2. The van der Waals surface area contributed by atoms with E-state index in [1.807, 2.05) is 6.07 Å². The number of nitrogens with two attached hydrogens (primary N) is 1. The van der Waals surface area contributed by atoms with Crippen LogP contribution in [0.4, 0.5) is 10.2 Å². The van der Waals surface area contributed by atoms with Crippen LogP contribution >= 0.6 is 11.6 Å². The highest BCUT2D eigenvalue weighted by atomic mass is 35.5. The van der Waals surface area contributed by atoms with E-state index >= 15 is 0 Å². The lowest BCUT2D eigenvalue weighted by atomic mass is 9.96. The number of nitrogen functional groups attached to an aromatic ring is 1. The summed E-state index contributed by atoms with van der Waals surface area (Å²) in [7, 11) is 0. The fourth-order valence-electron chi connectivity index (χ4n) is 3.59. The zero-order valence-corrected chi connectivity index (χ0v) is 17.5. The molecule has 1 aromatic heterocycles. The molecule has 3 N–H and O–H groups in total. The van der Waals surface area contributed by atoms with Gasteiger partial charge in [0.2, 0.25) is 0 Å². The Morgan fingerprint density at radius 1 is 1.23 bits per heavy atom. The highest BCUT2D eigenvalue weighted by Crippen LogP contribution is 2.30. The number of carbonyl (C=O) groups is 1. The molecule has 4 rings (SSSR count). The first-order valence-corrected chi connectivity index (χ1v) is 10.4. The summed E-state index contributed by atoms with van der Waals surface area (Å²) in [6, 6.07) is 11.4. The van der Waals surface area contributed by atoms with Gasteiger partial charge in [-0.3, -0.25) is 4.79 Å². The third-order valence-electron chi connectivity index (χ3n) is 5.29. The van der Waals surface area contributed by atoms with Crippen LogP contribution in [-0.4, -0.2) is 29.1 Å². The Morgan fingerprint density at radius 3 is 2.77 bits per heavy atom. The van der Waals surface area contributed by atoms with Crippen molar-refractivity contribution in [1.82, 2.24) is 15.3 Å². The maximum absolute atomic E-state index is 14.8. The van der Waals surface area contributed by atoms with Gasteiger partial charge in [0.25, 0.3) is 5.91 Å². The van der Waals surface area contributed by atoms with E-state index in [0.29, 0.717) is 29.5 Å². The summed E-state index contributed by atoms with van der Waals surface area (Å²) in [5, 5.41) is 3.28. The Labute approximate surface area is 184 Å². The summed E-state index contributed by atoms with van der Waals surface area (Å²) in [5.41, 5.74) is 8.48. The smallest absolute Gasteiger partial charge is 0.254 e. The Bertz CT molecular complexity index is 1100. The molecule has 1 aliphatic heterocycles. The third kappa shape index (κ3) is 5.00. The van der Waals surface area contributed by atoms with E-state index in [2.05, 4.69) is 15.3 Å². The molecule has 2 aromatic carbocycles. The molecule has 1 amide bonds. The molecule has 3 aromatic rings. The second-order valence-corrected chi connectivity index (χ2v) is 7.86. The van der Waals surface area contributed by atoms with Crippen molar-refractivity contribution < 1.29 is 13.9 Å². The summed E-state index contributed by atoms with van der Waals surface area (Å²) < 4.78 is 20.2. The van der Waals surface area contributed by atoms with Gasteiger partial charge in [-0.05, 0) is 42.7 Å². The number of ether oxygens (including phenoxy) is 1. The second kappa shape index (κ2) is 9.41. The fourth-order valence-corrected chi connectivity index (χ4v) is 3.80. The van der Waals surface area contributed by atoms with Gasteiger partial charge >= 0.3 is 0 Å². The van der Waals surface area contributed by atoms with E-state index in [1.54, 1.807) is 30.5 Å². The SMILES string of the molecule is Nc1ncc(C2CCOCC2)nc1-c1ccc(C(=O)NCc2cccc(Cl)c2)c(F)c1. The maximum atomic E-state index is 14.8. The molecule has 0 saturated carbocycles. The molecule has 31 heavy (non-hydrogen) atoms. The number of benzene rings is 2. The topological polar surface area (TPSA) is 90.1 Å². The first-order chi connectivity index (χ1) is 15.0. The molecular weight excluding hydrogens is 419 g/mol. The summed E-state index contributed by atoms with van der Waals surface area (Å²) in [4.78, 5) is 21.3. The minimum absolute atomic E-state index is 0.0575. The summed E-state index contributed by atoms with van der Waals surface area (Å²) in [6.45, 7) is 1.60. The lowest BCUT2D eigenvalue weighted by Crippen LogP contribution is -2.23. The van der Waals surface area contributed by atoms with Crippen molar-refractivity contribution in [2.24, 2.45) is 0 Å². The highest BCUT2D eigenvalue weighted by molar-refractivity contribution is 6.30. The maximum Gasteiger partial charge on any atom is 0.254 e.